The van der Waals surface area contributed by atoms with Crippen LogP contribution in [0.25, 0.3) is 0 Å². The molecule has 1 amide bonds. The quantitative estimate of drug-likeness (QED) is 0.638. The number of ether oxygens (including phenoxy) is 1. The van der Waals surface area contributed by atoms with Crippen LogP contribution in [0.5, 0.6) is 5.75 Å². The van der Waals surface area contributed by atoms with Crippen molar-refractivity contribution in [3.63, 3.8) is 0 Å². The van der Waals surface area contributed by atoms with E-state index < -0.39 is 0 Å². The molecule has 3 N–H and O–H groups in total. The number of anilines is 1. The first kappa shape index (κ1) is 17.5. The van der Waals surface area contributed by atoms with Crippen molar-refractivity contribution in [1.29, 1.82) is 0 Å². The predicted octanol–water partition coefficient (Wildman–Crippen LogP) is 2.54. The van der Waals surface area contributed by atoms with Gasteiger partial charge in [-0.05, 0) is 24.1 Å². The number of imidazole rings is 1. The summed E-state index contributed by atoms with van der Waals surface area (Å²) in [5.74, 6) is 0.836. The second kappa shape index (κ2) is 7.79. The molecule has 27 heavy (non-hydrogen) atoms. The maximum Gasteiger partial charge on any atom is 0.221 e. The fourth-order valence-electron chi connectivity index (χ4n) is 3.24. The molecule has 0 radical (unpaired) electrons. The molecule has 1 aromatic carbocycles. The first-order chi connectivity index (χ1) is 13.2. The number of thiazole rings is 1. The van der Waals surface area contributed by atoms with E-state index in [1.807, 2.05) is 35.0 Å². The number of carbonyl (C=O) groups is 1. The van der Waals surface area contributed by atoms with Gasteiger partial charge in [0.2, 0.25) is 5.91 Å². The number of hydrogen-bond donors (Lipinski definition) is 2. The molecule has 1 unspecified atom stereocenters. The third kappa shape index (κ3) is 4.11. The fourth-order valence-corrected chi connectivity index (χ4v) is 4.21. The Morgan fingerprint density at radius 2 is 2.19 bits per heavy atom. The summed E-state index contributed by atoms with van der Waals surface area (Å²) < 4.78 is 7.85. The van der Waals surface area contributed by atoms with Gasteiger partial charge in [0.05, 0.1) is 25.2 Å². The summed E-state index contributed by atoms with van der Waals surface area (Å²) in [5, 5.41) is 3.43. The number of aryl methyl sites for hydroxylation is 1. The maximum absolute atomic E-state index is 12.1. The number of nitrogen functional groups attached to an aromatic ring is 1. The summed E-state index contributed by atoms with van der Waals surface area (Å²) in [5.41, 5.74) is 7.82. The largest absolute Gasteiger partial charge is 0.494 e. The van der Waals surface area contributed by atoms with Gasteiger partial charge in [-0.25, -0.2) is 9.97 Å². The number of benzene rings is 1. The van der Waals surface area contributed by atoms with E-state index in [0.717, 1.165) is 34.8 Å². The molecule has 140 valence electrons. The predicted molar refractivity (Wildman–Crippen MR) is 104 cm³/mol. The molecule has 1 aliphatic rings. The molecule has 7 nitrogen and oxygen atoms in total. The van der Waals surface area contributed by atoms with Crippen molar-refractivity contribution in [1.82, 2.24) is 19.9 Å². The maximum atomic E-state index is 12.1. The van der Waals surface area contributed by atoms with Crippen molar-refractivity contribution in [2.75, 3.05) is 12.3 Å². The van der Waals surface area contributed by atoms with E-state index in [2.05, 4.69) is 15.3 Å². The number of nitrogens with one attached hydrogen (secondary N) is 1. The van der Waals surface area contributed by atoms with Crippen LogP contribution in [-0.4, -0.2) is 27.0 Å². The number of rotatable bonds is 6. The van der Waals surface area contributed by atoms with Crippen LogP contribution >= 0.6 is 11.3 Å². The van der Waals surface area contributed by atoms with Gasteiger partial charge in [-0.15, -0.1) is 11.3 Å². The van der Waals surface area contributed by atoms with Crippen LogP contribution in [0, 0.1) is 0 Å². The Bertz CT molecular complexity index is 905. The topological polar surface area (TPSA) is 95.1 Å². The fraction of sp³-hybridized carbons (Fsp3) is 0.316. The van der Waals surface area contributed by atoms with Crippen molar-refractivity contribution >= 4 is 22.4 Å². The minimum atomic E-state index is -0.0207. The summed E-state index contributed by atoms with van der Waals surface area (Å²) in [4.78, 5) is 21.5. The van der Waals surface area contributed by atoms with E-state index in [9.17, 15) is 4.79 Å². The molecule has 2 aromatic heterocycles. The highest BCUT2D eigenvalue weighted by atomic mass is 32.1. The molecule has 0 fully saturated rings. The Balaban J connectivity index is 1.41. The second-order valence-electron chi connectivity index (χ2n) is 6.47. The van der Waals surface area contributed by atoms with E-state index in [1.54, 1.807) is 12.5 Å². The van der Waals surface area contributed by atoms with Gasteiger partial charge in [0.15, 0.2) is 5.13 Å². The number of nitrogens with two attached hydrogens (primary N) is 1. The zero-order valence-electron chi connectivity index (χ0n) is 14.8. The number of nitrogens with zero attached hydrogens (tertiary/aromatic N) is 3. The van der Waals surface area contributed by atoms with Crippen LogP contribution in [0.1, 0.15) is 34.9 Å². The molecule has 3 heterocycles. The monoisotopic (exact) mass is 383 g/mol. The average molecular weight is 383 g/mol. The molecule has 3 aromatic rings. The second-order valence-corrected chi connectivity index (χ2v) is 7.53. The summed E-state index contributed by atoms with van der Waals surface area (Å²) in [6, 6.07) is 7.96. The number of amides is 1. The Morgan fingerprint density at radius 3 is 2.96 bits per heavy atom. The number of carbonyl (C=O) groups excluding carboxylic acids is 1. The smallest absolute Gasteiger partial charge is 0.221 e. The Morgan fingerprint density at radius 1 is 1.33 bits per heavy atom. The molecule has 1 aliphatic heterocycles. The normalized spacial score (nSPS) is 16.4. The first-order valence-electron chi connectivity index (χ1n) is 8.89. The van der Waals surface area contributed by atoms with Gasteiger partial charge in [-0.1, -0.05) is 12.1 Å². The van der Waals surface area contributed by atoms with E-state index in [4.69, 9.17) is 10.5 Å². The molecule has 0 bridgehead atoms. The van der Waals surface area contributed by atoms with Crippen LogP contribution in [0.15, 0.2) is 43.0 Å². The lowest BCUT2D eigenvalue weighted by atomic mass is 9.93. The van der Waals surface area contributed by atoms with Crippen LogP contribution in [0.4, 0.5) is 5.13 Å². The molecule has 1 atom stereocenters. The van der Waals surface area contributed by atoms with Gasteiger partial charge in [-0.2, -0.15) is 0 Å². The van der Waals surface area contributed by atoms with E-state index in [0.29, 0.717) is 24.7 Å². The van der Waals surface area contributed by atoms with Crippen LogP contribution < -0.4 is 15.8 Å². The van der Waals surface area contributed by atoms with Crippen molar-refractivity contribution in [3.8, 4) is 5.75 Å². The van der Waals surface area contributed by atoms with Gasteiger partial charge in [0.1, 0.15) is 5.75 Å². The highest BCUT2D eigenvalue weighted by molar-refractivity contribution is 7.15. The highest BCUT2D eigenvalue weighted by Crippen LogP contribution is 2.37. The van der Waals surface area contributed by atoms with Gasteiger partial charge >= 0.3 is 0 Å². The van der Waals surface area contributed by atoms with E-state index >= 15 is 0 Å². The summed E-state index contributed by atoms with van der Waals surface area (Å²) in [6.07, 6.45) is 6.83. The standard InChI is InChI=1S/C19H21N5O2S/c20-19-23-16-11-22-17(25)10-15(18(16)27-19)13-2-4-14(5-3-13)26-9-1-7-24-8-6-21-12-24/h2-6,8,12,15H,1,7,9-11H2,(H2,20,23)(H,22,25). The molecule has 0 saturated carbocycles. The van der Waals surface area contributed by atoms with Crippen LogP contribution in [-0.2, 0) is 17.9 Å². The first-order valence-corrected chi connectivity index (χ1v) is 9.71. The minimum Gasteiger partial charge on any atom is -0.494 e. The lowest BCUT2D eigenvalue weighted by Gasteiger charge is -2.14. The van der Waals surface area contributed by atoms with Gasteiger partial charge in [0, 0.05) is 36.2 Å². The van der Waals surface area contributed by atoms with Crippen LogP contribution in [0.3, 0.4) is 0 Å². The molecule has 4 rings (SSSR count). The Kier molecular flexibility index (Phi) is 5.06. The van der Waals surface area contributed by atoms with Gasteiger partial charge in [-0.3, -0.25) is 4.79 Å². The number of aromatic nitrogens is 3. The van der Waals surface area contributed by atoms with Gasteiger partial charge < -0.3 is 20.4 Å². The SMILES string of the molecule is Nc1nc2c(s1)C(c1ccc(OCCCn3ccnc3)cc1)CC(=O)NC2. The van der Waals surface area contributed by atoms with E-state index in [1.165, 1.54) is 11.3 Å². The molecule has 8 heteroatoms. The van der Waals surface area contributed by atoms with E-state index in [-0.39, 0.29) is 11.8 Å². The summed E-state index contributed by atoms with van der Waals surface area (Å²) in [6.45, 7) is 1.96. The summed E-state index contributed by atoms with van der Waals surface area (Å²) in [7, 11) is 0. The average Bonchev–Trinajstić information content (AvgIpc) is 3.29. The van der Waals surface area contributed by atoms with Crippen molar-refractivity contribution in [2.45, 2.75) is 31.8 Å². The molecular formula is C19H21N5O2S. The third-order valence-electron chi connectivity index (χ3n) is 4.57. The minimum absolute atomic E-state index is 0.0207. The lowest BCUT2D eigenvalue weighted by Crippen LogP contribution is -2.21. The summed E-state index contributed by atoms with van der Waals surface area (Å²) >= 11 is 1.46. The number of hydrogen-bond acceptors (Lipinski definition) is 6. The lowest BCUT2D eigenvalue weighted by molar-refractivity contribution is -0.121. The van der Waals surface area contributed by atoms with Crippen molar-refractivity contribution in [2.24, 2.45) is 0 Å². The molecule has 0 saturated heterocycles. The van der Waals surface area contributed by atoms with Crippen LogP contribution in [0.2, 0.25) is 0 Å². The molecule has 0 spiro atoms. The highest BCUT2D eigenvalue weighted by Gasteiger charge is 2.27. The molecule has 0 aliphatic carbocycles. The Hall–Kier alpha value is -2.87. The van der Waals surface area contributed by atoms with Crippen molar-refractivity contribution in [3.05, 3.63) is 59.1 Å². The zero-order chi connectivity index (χ0) is 18.6. The number of fused-ring (bicyclic) bond motifs is 1. The van der Waals surface area contributed by atoms with Gasteiger partial charge in [0.25, 0.3) is 0 Å². The zero-order valence-corrected chi connectivity index (χ0v) is 15.6. The third-order valence-corrected chi connectivity index (χ3v) is 5.61. The molecular weight excluding hydrogens is 362 g/mol. The van der Waals surface area contributed by atoms with Crippen molar-refractivity contribution < 1.29 is 9.53 Å². The Labute approximate surface area is 161 Å².